The van der Waals surface area contributed by atoms with E-state index in [2.05, 4.69) is 15.7 Å². The smallest absolute Gasteiger partial charge is 0.434 e. The van der Waals surface area contributed by atoms with E-state index in [-0.39, 0.29) is 6.61 Å². The summed E-state index contributed by atoms with van der Waals surface area (Å²) >= 11 is 0. The largest absolute Gasteiger partial charge is 0.481 e. The van der Waals surface area contributed by atoms with Crippen LogP contribution in [0.3, 0.4) is 0 Å². The molecular formula is C33H33N5O6. The Hall–Kier alpha value is -5.21. The molecule has 11 nitrogen and oxygen atoms in total. The standard InChI is InChI=1S/C33H33N5O6/c1-2-22-42-27-14-10-26(11-15-27)35-17-19-36(20-18-35)33(41)44-38-31(39)30-24-34(16-21-37(30)32(38)40)23-25-8-12-29(13-9-25)43-28-6-4-3-5-7-28/h1,3-15,30H,16-24H2/t30-/m0/s1. The molecule has 3 saturated heterocycles. The summed E-state index contributed by atoms with van der Waals surface area (Å²) in [4.78, 5) is 51.8. The number of imide groups is 1. The number of carbonyl (C=O) groups is 3. The molecule has 6 rings (SSSR count). The fourth-order valence-corrected chi connectivity index (χ4v) is 5.56. The number of urea groups is 1. The first-order valence-electron chi connectivity index (χ1n) is 14.6. The number of ether oxygens (including phenoxy) is 2. The Kier molecular flexibility index (Phi) is 8.52. The number of hydrogen-bond acceptors (Lipinski definition) is 8. The molecular weight excluding hydrogens is 562 g/mol. The van der Waals surface area contributed by atoms with E-state index in [4.69, 9.17) is 20.7 Å². The topological polar surface area (TPSA) is 95.1 Å². The van der Waals surface area contributed by atoms with Gasteiger partial charge in [0, 0.05) is 58.0 Å². The van der Waals surface area contributed by atoms with E-state index in [1.807, 2.05) is 78.9 Å². The number of hydrogen-bond donors (Lipinski definition) is 0. The molecule has 3 aliphatic rings. The Labute approximate surface area is 256 Å². The summed E-state index contributed by atoms with van der Waals surface area (Å²) in [5.41, 5.74) is 2.06. The lowest BCUT2D eigenvalue weighted by Gasteiger charge is -2.35. The van der Waals surface area contributed by atoms with Gasteiger partial charge in [0.15, 0.2) is 0 Å². The SMILES string of the molecule is C#CCOc1ccc(N2CCN(C(=O)ON3C(=O)[C@@H]4CN(Cc5ccc(Oc6ccccc6)cc5)CCN4C3=O)CC2)cc1. The number of carbonyl (C=O) groups excluding carboxylic acids is 3. The molecule has 3 aliphatic heterocycles. The normalized spacial score (nSPS) is 18.6. The quantitative estimate of drug-likeness (QED) is 0.287. The van der Waals surface area contributed by atoms with Crippen LogP contribution in [-0.2, 0) is 16.2 Å². The summed E-state index contributed by atoms with van der Waals surface area (Å²) in [6.07, 6.45) is 4.53. The lowest BCUT2D eigenvalue weighted by atomic mass is 10.1. The molecule has 3 heterocycles. The molecule has 0 unspecified atom stereocenters. The van der Waals surface area contributed by atoms with Crippen molar-refractivity contribution in [1.29, 1.82) is 0 Å². The molecule has 3 fully saturated rings. The average molecular weight is 596 g/mol. The van der Waals surface area contributed by atoms with Gasteiger partial charge in [0.05, 0.1) is 0 Å². The van der Waals surface area contributed by atoms with Crippen molar-refractivity contribution in [1.82, 2.24) is 19.8 Å². The highest BCUT2D eigenvalue weighted by Crippen LogP contribution is 2.26. The molecule has 0 aromatic heterocycles. The molecule has 44 heavy (non-hydrogen) atoms. The number of nitrogens with zero attached hydrogens (tertiary/aromatic N) is 5. The highest BCUT2D eigenvalue weighted by molar-refractivity contribution is 6.04. The molecule has 0 N–H and O–H groups in total. The van der Waals surface area contributed by atoms with Crippen molar-refractivity contribution < 1.29 is 28.7 Å². The van der Waals surface area contributed by atoms with E-state index in [1.165, 1.54) is 9.80 Å². The third-order valence-electron chi connectivity index (χ3n) is 7.91. The minimum absolute atomic E-state index is 0.208. The summed E-state index contributed by atoms with van der Waals surface area (Å²) in [6.45, 7) is 4.06. The molecule has 11 heteroatoms. The maximum atomic E-state index is 13.2. The predicted octanol–water partition coefficient (Wildman–Crippen LogP) is 3.81. The Bertz CT molecular complexity index is 1520. The molecule has 0 spiro atoms. The number of para-hydroxylation sites is 1. The van der Waals surface area contributed by atoms with E-state index >= 15 is 0 Å². The fraction of sp³-hybridized carbons (Fsp3) is 0.303. The summed E-state index contributed by atoms with van der Waals surface area (Å²) < 4.78 is 11.3. The van der Waals surface area contributed by atoms with Gasteiger partial charge in [0.2, 0.25) is 0 Å². The van der Waals surface area contributed by atoms with Crippen LogP contribution in [0.25, 0.3) is 0 Å². The van der Waals surface area contributed by atoms with Crippen LogP contribution in [0.15, 0.2) is 78.9 Å². The Morgan fingerprint density at radius 1 is 0.818 bits per heavy atom. The zero-order valence-corrected chi connectivity index (χ0v) is 24.2. The number of hydroxylamine groups is 2. The second-order valence-electron chi connectivity index (χ2n) is 10.7. The number of piperazine rings is 2. The first-order chi connectivity index (χ1) is 21.5. The first-order valence-corrected chi connectivity index (χ1v) is 14.6. The molecule has 226 valence electrons. The molecule has 0 saturated carbocycles. The molecule has 3 aromatic carbocycles. The van der Waals surface area contributed by atoms with Gasteiger partial charge in [-0.05, 0) is 54.1 Å². The molecule has 0 radical (unpaired) electrons. The van der Waals surface area contributed by atoms with Crippen LogP contribution in [-0.4, -0.2) is 96.3 Å². The van der Waals surface area contributed by atoms with Crippen LogP contribution >= 0.6 is 0 Å². The van der Waals surface area contributed by atoms with Crippen molar-refractivity contribution in [3.05, 3.63) is 84.4 Å². The molecule has 0 aliphatic carbocycles. The zero-order valence-electron chi connectivity index (χ0n) is 24.2. The van der Waals surface area contributed by atoms with Crippen LogP contribution < -0.4 is 14.4 Å². The predicted molar refractivity (Wildman–Crippen MR) is 162 cm³/mol. The second kappa shape index (κ2) is 13.0. The minimum atomic E-state index is -0.709. The highest BCUT2D eigenvalue weighted by atomic mass is 16.7. The third kappa shape index (κ3) is 6.40. The van der Waals surface area contributed by atoms with E-state index in [9.17, 15) is 14.4 Å². The number of benzene rings is 3. The van der Waals surface area contributed by atoms with Crippen molar-refractivity contribution in [2.75, 3.05) is 57.3 Å². The van der Waals surface area contributed by atoms with Crippen molar-refractivity contribution in [3.8, 4) is 29.6 Å². The fourth-order valence-electron chi connectivity index (χ4n) is 5.56. The maximum absolute atomic E-state index is 13.2. The van der Waals surface area contributed by atoms with E-state index in [1.54, 1.807) is 0 Å². The van der Waals surface area contributed by atoms with Crippen molar-refractivity contribution in [3.63, 3.8) is 0 Å². The molecule has 3 aromatic rings. The van der Waals surface area contributed by atoms with Crippen LogP contribution in [0.4, 0.5) is 15.3 Å². The third-order valence-corrected chi connectivity index (χ3v) is 7.91. The number of amides is 4. The summed E-state index contributed by atoms with van der Waals surface area (Å²) in [6, 6.07) is 23.7. The van der Waals surface area contributed by atoms with Crippen LogP contribution in [0, 0.1) is 12.3 Å². The van der Waals surface area contributed by atoms with Crippen molar-refractivity contribution in [2.24, 2.45) is 0 Å². The van der Waals surface area contributed by atoms with Crippen LogP contribution in [0.5, 0.6) is 17.2 Å². The highest BCUT2D eigenvalue weighted by Gasteiger charge is 2.50. The van der Waals surface area contributed by atoms with Gasteiger partial charge >= 0.3 is 12.1 Å². The number of anilines is 1. The number of terminal acetylenes is 1. The molecule has 1 atom stereocenters. The van der Waals surface area contributed by atoms with Gasteiger partial charge in [-0.25, -0.2) is 9.59 Å². The second-order valence-corrected chi connectivity index (χ2v) is 10.7. The summed E-state index contributed by atoms with van der Waals surface area (Å²) in [5, 5.41) is 0.632. The van der Waals surface area contributed by atoms with Gasteiger partial charge in [-0.15, -0.1) is 6.42 Å². The van der Waals surface area contributed by atoms with E-state index < -0.39 is 24.1 Å². The van der Waals surface area contributed by atoms with Crippen LogP contribution in [0.2, 0.25) is 0 Å². The number of fused-ring (bicyclic) bond motifs is 1. The average Bonchev–Trinajstić information content (AvgIpc) is 3.29. The molecule has 0 bridgehead atoms. The first kappa shape index (κ1) is 28.9. The maximum Gasteiger partial charge on any atom is 0.434 e. The van der Waals surface area contributed by atoms with E-state index in [0.29, 0.717) is 63.2 Å². The Morgan fingerprint density at radius 3 is 2.20 bits per heavy atom. The van der Waals surface area contributed by atoms with Gasteiger partial charge < -0.3 is 29.0 Å². The Balaban J connectivity index is 0.986. The summed E-state index contributed by atoms with van der Waals surface area (Å²) in [5.74, 6) is 4.11. The van der Waals surface area contributed by atoms with Gasteiger partial charge in [-0.2, -0.15) is 0 Å². The number of rotatable bonds is 8. The van der Waals surface area contributed by atoms with Gasteiger partial charge in [0.25, 0.3) is 5.91 Å². The van der Waals surface area contributed by atoms with Gasteiger partial charge in [-0.1, -0.05) is 41.3 Å². The van der Waals surface area contributed by atoms with Gasteiger partial charge in [-0.3, -0.25) is 9.69 Å². The molecule has 4 amide bonds. The zero-order chi connectivity index (χ0) is 30.5. The van der Waals surface area contributed by atoms with Crippen LogP contribution in [0.1, 0.15) is 5.56 Å². The lowest BCUT2D eigenvalue weighted by Crippen LogP contribution is -2.52. The minimum Gasteiger partial charge on any atom is -0.481 e. The summed E-state index contributed by atoms with van der Waals surface area (Å²) in [7, 11) is 0. The van der Waals surface area contributed by atoms with Gasteiger partial charge in [0.1, 0.15) is 29.9 Å². The van der Waals surface area contributed by atoms with E-state index in [0.717, 1.165) is 22.7 Å². The monoisotopic (exact) mass is 595 g/mol. The van der Waals surface area contributed by atoms with Crippen molar-refractivity contribution >= 4 is 23.7 Å². The lowest BCUT2D eigenvalue weighted by molar-refractivity contribution is -0.152. The van der Waals surface area contributed by atoms with Crippen molar-refractivity contribution in [2.45, 2.75) is 12.6 Å². The Morgan fingerprint density at radius 2 is 1.50 bits per heavy atom.